The van der Waals surface area contributed by atoms with E-state index in [1.807, 2.05) is 6.07 Å². The number of nitriles is 1. The SMILES string of the molecule is CCCCCc1ccc(C#Cc2ccc(C#N)cc2)c(F)c1. The predicted octanol–water partition coefficient (Wildman–Crippen LogP) is 4.83. The molecule has 0 aliphatic rings. The molecule has 0 aliphatic heterocycles. The third-order valence-electron chi connectivity index (χ3n) is 3.46. The maximum Gasteiger partial charge on any atom is 0.139 e. The van der Waals surface area contributed by atoms with E-state index in [4.69, 9.17) is 5.26 Å². The van der Waals surface area contributed by atoms with Crippen LogP contribution in [0.25, 0.3) is 0 Å². The molecule has 2 rings (SSSR count). The molecule has 0 spiro atoms. The molecule has 0 unspecified atom stereocenters. The normalized spacial score (nSPS) is 9.68. The van der Waals surface area contributed by atoms with Gasteiger partial charge in [0.15, 0.2) is 0 Å². The second-order valence-electron chi connectivity index (χ2n) is 5.21. The van der Waals surface area contributed by atoms with E-state index >= 15 is 0 Å². The van der Waals surface area contributed by atoms with Crippen molar-refractivity contribution in [3.8, 4) is 17.9 Å². The van der Waals surface area contributed by atoms with Crippen molar-refractivity contribution < 1.29 is 4.39 Å². The summed E-state index contributed by atoms with van der Waals surface area (Å²) in [7, 11) is 0. The molecule has 22 heavy (non-hydrogen) atoms. The number of hydrogen-bond donors (Lipinski definition) is 0. The van der Waals surface area contributed by atoms with Crippen molar-refractivity contribution in [3.63, 3.8) is 0 Å². The van der Waals surface area contributed by atoms with Crippen LogP contribution in [0.4, 0.5) is 4.39 Å². The summed E-state index contributed by atoms with van der Waals surface area (Å²) in [5, 5.41) is 8.74. The lowest BCUT2D eigenvalue weighted by molar-refractivity contribution is 0.619. The van der Waals surface area contributed by atoms with Gasteiger partial charge in [0, 0.05) is 5.56 Å². The quantitative estimate of drug-likeness (QED) is 0.584. The predicted molar refractivity (Wildman–Crippen MR) is 86.8 cm³/mol. The zero-order valence-electron chi connectivity index (χ0n) is 12.7. The molecule has 0 bridgehead atoms. The van der Waals surface area contributed by atoms with Gasteiger partial charge in [-0.3, -0.25) is 0 Å². The Bertz CT molecular complexity index is 727. The van der Waals surface area contributed by atoms with Gasteiger partial charge < -0.3 is 0 Å². The summed E-state index contributed by atoms with van der Waals surface area (Å²) < 4.78 is 14.0. The lowest BCUT2D eigenvalue weighted by Gasteiger charge is -2.02. The molecule has 2 heteroatoms. The van der Waals surface area contributed by atoms with Crippen LogP contribution in [0.2, 0.25) is 0 Å². The second kappa shape index (κ2) is 8.01. The third-order valence-corrected chi connectivity index (χ3v) is 3.46. The Hall–Kier alpha value is -2.58. The molecule has 0 saturated carbocycles. The van der Waals surface area contributed by atoms with Crippen LogP contribution >= 0.6 is 0 Å². The van der Waals surface area contributed by atoms with Crippen LogP contribution < -0.4 is 0 Å². The van der Waals surface area contributed by atoms with Gasteiger partial charge in [0.25, 0.3) is 0 Å². The molecule has 0 heterocycles. The van der Waals surface area contributed by atoms with Gasteiger partial charge in [0.1, 0.15) is 5.82 Å². The van der Waals surface area contributed by atoms with Crippen molar-refractivity contribution in [1.82, 2.24) is 0 Å². The smallest absolute Gasteiger partial charge is 0.139 e. The average molecular weight is 291 g/mol. The van der Waals surface area contributed by atoms with Gasteiger partial charge >= 0.3 is 0 Å². The standard InChI is InChI=1S/C20H18FN/c1-2-3-4-5-17-11-13-19(20(21)14-17)12-10-16-6-8-18(15-22)9-7-16/h6-9,11,13-14H,2-5H2,1H3. The Balaban J connectivity index is 2.10. The fourth-order valence-electron chi connectivity index (χ4n) is 2.16. The van der Waals surface area contributed by atoms with Gasteiger partial charge in [-0.1, -0.05) is 37.7 Å². The number of nitrogens with zero attached hydrogens (tertiary/aromatic N) is 1. The molecule has 2 aromatic carbocycles. The zero-order chi connectivity index (χ0) is 15.8. The lowest BCUT2D eigenvalue weighted by atomic mass is 10.0. The Morgan fingerprint density at radius 2 is 1.68 bits per heavy atom. The number of rotatable bonds is 4. The van der Waals surface area contributed by atoms with Crippen molar-refractivity contribution >= 4 is 0 Å². The van der Waals surface area contributed by atoms with E-state index in [0.717, 1.165) is 30.4 Å². The maximum atomic E-state index is 14.0. The number of unbranched alkanes of at least 4 members (excludes halogenated alkanes) is 2. The third kappa shape index (κ3) is 4.47. The average Bonchev–Trinajstić information content (AvgIpc) is 2.55. The number of hydrogen-bond acceptors (Lipinski definition) is 1. The monoisotopic (exact) mass is 291 g/mol. The first-order valence-electron chi connectivity index (χ1n) is 7.53. The largest absolute Gasteiger partial charge is 0.206 e. The summed E-state index contributed by atoms with van der Waals surface area (Å²) >= 11 is 0. The van der Waals surface area contributed by atoms with Crippen LogP contribution in [0.3, 0.4) is 0 Å². The molecule has 0 aromatic heterocycles. The first kappa shape index (κ1) is 15.8. The molecule has 0 atom stereocenters. The highest BCUT2D eigenvalue weighted by atomic mass is 19.1. The van der Waals surface area contributed by atoms with Crippen molar-refractivity contribution in [2.24, 2.45) is 0 Å². The van der Waals surface area contributed by atoms with Crippen LogP contribution in [-0.4, -0.2) is 0 Å². The van der Waals surface area contributed by atoms with Gasteiger partial charge in [-0.25, -0.2) is 4.39 Å². The molecule has 0 fully saturated rings. The minimum Gasteiger partial charge on any atom is -0.206 e. The fourth-order valence-corrected chi connectivity index (χ4v) is 2.16. The minimum atomic E-state index is -0.268. The first-order valence-corrected chi connectivity index (χ1v) is 7.53. The van der Waals surface area contributed by atoms with E-state index in [1.54, 1.807) is 36.4 Å². The Morgan fingerprint density at radius 3 is 2.32 bits per heavy atom. The Labute approximate surface area is 131 Å². The van der Waals surface area contributed by atoms with Crippen molar-refractivity contribution in [2.75, 3.05) is 0 Å². The van der Waals surface area contributed by atoms with Crippen LogP contribution in [-0.2, 0) is 6.42 Å². The Morgan fingerprint density at radius 1 is 0.955 bits per heavy atom. The molecule has 0 radical (unpaired) electrons. The van der Waals surface area contributed by atoms with Gasteiger partial charge in [-0.05, 0) is 54.8 Å². The summed E-state index contributed by atoms with van der Waals surface area (Å²) in [5.41, 5.74) is 2.79. The van der Waals surface area contributed by atoms with E-state index in [1.165, 1.54) is 6.42 Å². The Kier molecular flexibility index (Phi) is 5.75. The highest BCUT2D eigenvalue weighted by Crippen LogP contribution is 2.13. The molecule has 0 saturated heterocycles. The topological polar surface area (TPSA) is 23.8 Å². The molecule has 0 amide bonds. The highest BCUT2D eigenvalue weighted by molar-refractivity contribution is 5.45. The highest BCUT2D eigenvalue weighted by Gasteiger charge is 2.01. The first-order chi connectivity index (χ1) is 10.7. The van der Waals surface area contributed by atoms with Gasteiger partial charge in [-0.15, -0.1) is 0 Å². The number of benzene rings is 2. The second-order valence-corrected chi connectivity index (χ2v) is 5.21. The van der Waals surface area contributed by atoms with Crippen molar-refractivity contribution in [3.05, 3.63) is 70.5 Å². The molecule has 110 valence electrons. The number of aryl methyl sites for hydroxylation is 1. The molecule has 0 aliphatic carbocycles. The molecular formula is C20H18FN. The van der Waals surface area contributed by atoms with Crippen LogP contribution in [0, 0.1) is 29.0 Å². The maximum absolute atomic E-state index is 14.0. The molecule has 1 nitrogen and oxygen atoms in total. The van der Waals surface area contributed by atoms with Crippen LogP contribution in [0.1, 0.15) is 48.4 Å². The van der Waals surface area contributed by atoms with E-state index in [-0.39, 0.29) is 5.82 Å². The summed E-state index contributed by atoms with van der Waals surface area (Å²) in [6.45, 7) is 2.16. The van der Waals surface area contributed by atoms with E-state index < -0.39 is 0 Å². The lowest BCUT2D eigenvalue weighted by Crippen LogP contribution is -1.90. The summed E-state index contributed by atoms with van der Waals surface area (Å²) in [4.78, 5) is 0. The fraction of sp³-hybridized carbons (Fsp3) is 0.250. The molecule has 2 aromatic rings. The molecular weight excluding hydrogens is 273 g/mol. The summed E-state index contributed by atoms with van der Waals surface area (Å²) in [5.74, 6) is 5.51. The van der Waals surface area contributed by atoms with Gasteiger partial charge in [-0.2, -0.15) is 5.26 Å². The number of halogens is 1. The van der Waals surface area contributed by atoms with Gasteiger partial charge in [0.05, 0.1) is 17.2 Å². The van der Waals surface area contributed by atoms with Crippen LogP contribution in [0.5, 0.6) is 0 Å². The van der Waals surface area contributed by atoms with E-state index in [0.29, 0.717) is 11.1 Å². The van der Waals surface area contributed by atoms with E-state index in [9.17, 15) is 4.39 Å². The summed E-state index contributed by atoms with van der Waals surface area (Å²) in [6, 6.07) is 14.3. The zero-order valence-corrected chi connectivity index (χ0v) is 12.7. The van der Waals surface area contributed by atoms with Crippen LogP contribution in [0.15, 0.2) is 42.5 Å². The summed E-state index contributed by atoms with van der Waals surface area (Å²) in [6.07, 6.45) is 4.33. The van der Waals surface area contributed by atoms with Gasteiger partial charge in [0.2, 0.25) is 0 Å². The van der Waals surface area contributed by atoms with Crippen molar-refractivity contribution in [2.45, 2.75) is 32.6 Å². The minimum absolute atomic E-state index is 0.268. The van der Waals surface area contributed by atoms with E-state index in [2.05, 4.69) is 24.8 Å². The van der Waals surface area contributed by atoms with Crippen molar-refractivity contribution in [1.29, 1.82) is 5.26 Å². The molecule has 0 N–H and O–H groups in total.